The third-order valence-electron chi connectivity index (χ3n) is 9.88. The third kappa shape index (κ3) is 5.36. The summed E-state index contributed by atoms with van der Waals surface area (Å²) in [5, 5.41) is 0. The van der Waals surface area contributed by atoms with Crippen molar-refractivity contribution in [3.63, 3.8) is 0 Å². The average Bonchev–Trinajstić information content (AvgIpc) is 3.22. The Labute approximate surface area is 259 Å². The van der Waals surface area contributed by atoms with Crippen LogP contribution in [0.1, 0.15) is 91.1 Å². The molecule has 3 aromatic rings. The number of nitrogens with zero attached hydrogens (tertiary/aromatic N) is 1. The monoisotopic (exact) mass is 589 g/mol. The van der Waals surface area contributed by atoms with Crippen LogP contribution in [0, 0.1) is 17.8 Å². The summed E-state index contributed by atoms with van der Waals surface area (Å²) in [5.41, 5.74) is 4.70. The molecular weight excluding hydrogens is 550 g/mol. The van der Waals surface area contributed by atoms with E-state index in [-0.39, 0.29) is 29.9 Å². The summed E-state index contributed by atoms with van der Waals surface area (Å²) in [5.74, 6) is 2.06. The Morgan fingerprint density at radius 3 is 1.98 bits per heavy atom. The minimum atomic E-state index is -0.528. The van der Waals surface area contributed by atoms with E-state index in [0.29, 0.717) is 11.1 Å². The molecule has 0 radical (unpaired) electrons. The van der Waals surface area contributed by atoms with Gasteiger partial charge in [0.1, 0.15) is 11.4 Å². The molecule has 6 heteroatoms. The molecule has 0 saturated heterocycles. The molecule has 3 aromatic carbocycles. The molecule has 1 aliphatic heterocycles. The highest BCUT2D eigenvalue weighted by Crippen LogP contribution is 2.62. The van der Waals surface area contributed by atoms with Crippen LogP contribution in [-0.2, 0) is 14.9 Å². The number of ether oxygens (including phenoxy) is 2. The van der Waals surface area contributed by atoms with Gasteiger partial charge in [-0.3, -0.25) is 9.59 Å². The lowest BCUT2D eigenvalue weighted by Gasteiger charge is -2.57. The maximum absolute atomic E-state index is 13.0. The number of benzene rings is 3. The van der Waals surface area contributed by atoms with Gasteiger partial charge in [0, 0.05) is 11.6 Å². The summed E-state index contributed by atoms with van der Waals surface area (Å²) in [7, 11) is 0. The average molecular weight is 590 g/mol. The van der Waals surface area contributed by atoms with Crippen molar-refractivity contribution in [1.82, 2.24) is 4.90 Å². The van der Waals surface area contributed by atoms with E-state index in [2.05, 4.69) is 24.3 Å². The summed E-state index contributed by atoms with van der Waals surface area (Å²) in [4.78, 5) is 39.4. The zero-order chi connectivity index (χ0) is 30.6. The van der Waals surface area contributed by atoms with Crippen molar-refractivity contribution in [2.45, 2.75) is 70.3 Å². The fourth-order valence-corrected chi connectivity index (χ4v) is 8.47. The molecule has 0 spiro atoms. The van der Waals surface area contributed by atoms with Crippen molar-refractivity contribution >= 4 is 23.9 Å². The number of carbonyl (C=O) groups is 3. The van der Waals surface area contributed by atoms with Gasteiger partial charge in [0.2, 0.25) is 0 Å². The number of carbonyl (C=O) groups excluding carboxylic acids is 3. The van der Waals surface area contributed by atoms with Crippen LogP contribution >= 0.6 is 0 Å². The van der Waals surface area contributed by atoms with Crippen LogP contribution in [0.4, 0.5) is 0 Å². The van der Waals surface area contributed by atoms with E-state index in [1.807, 2.05) is 39.0 Å². The lowest BCUT2D eigenvalue weighted by atomic mass is 9.48. The summed E-state index contributed by atoms with van der Waals surface area (Å²) in [6.45, 7) is 5.45. The summed E-state index contributed by atoms with van der Waals surface area (Å²) in [6.07, 6.45) is 10.7. The fourth-order valence-electron chi connectivity index (χ4n) is 8.47. The highest BCUT2D eigenvalue weighted by molar-refractivity contribution is 6.21. The second kappa shape index (κ2) is 10.8. The van der Waals surface area contributed by atoms with Crippen molar-refractivity contribution in [3.8, 4) is 16.9 Å². The van der Waals surface area contributed by atoms with Gasteiger partial charge in [-0.2, -0.15) is 0 Å². The van der Waals surface area contributed by atoms with Crippen molar-refractivity contribution in [1.29, 1.82) is 0 Å². The minimum Gasteiger partial charge on any atom is -0.472 e. The minimum absolute atomic E-state index is 0.0537. The molecule has 5 aliphatic rings. The van der Waals surface area contributed by atoms with Crippen LogP contribution in [0.2, 0.25) is 0 Å². The molecule has 4 fully saturated rings. The van der Waals surface area contributed by atoms with Gasteiger partial charge in [-0.05, 0) is 129 Å². The zero-order valence-electron chi connectivity index (χ0n) is 25.7. The smallest absolute Gasteiger partial charge is 0.331 e. The van der Waals surface area contributed by atoms with E-state index in [0.717, 1.165) is 40.2 Å². The number of amides is 2. The van der Waals surface area contributed by atoms with Crippen LogP contribution in [0.15, 0.2) is 72.8 Å². The number of imide groups is 1. The summed E-state index contributed by atoms with van der Waals surface area (Å²) < 4.78 is 11.8. The van der Waals surface area contributed by atoms with E-state index in [9.17, 15) is 14.4 Å². The maximum atomic E-state index is 13.0. The van der Waals surface area contributed by atoms with Crippen LogP contribution in [-0.4, -0.2) is 35.0 Å². The van der Waals surface area contributed by atoms with Gasteiger partial charge in [0.25, 0.3) is 11.8 Å². The molecule has 44 heavy (non-hydrogen) atoms. The largest absolute Gasteiger partial charge is 0.472 e. The zero-order valence-corrected chi connectivity index (χ0v) is 25.7. The van der Waals surface area contributed by atoms with E-state index in [1.54, 1.807) is 30.3 Å². The Bertz CT molecular complexity index is 1590. The maximum Gasteiger partial charge on any atom is 0.331 e. The standard InChI is InChI=1S/C38H39NO5/c1-37(2,3)44-34(40)15-10-24-8-11-28(12-9-24)29-13-14-33(43-23-39-35(41)30-6-4-5-7-31(30)36(39)42)32(19-29)38-20-25-16-26(21-38)18-27(17-25)22-38/h4-15,19,25-27H,16-18,20-23H2,1-3H3/b15-10+. The lowest BCUT2D eigenvalue weighted by Crippen LogP contribution is -2.48. The highest BCUT2D eigenvalue weighted by Gasteiger charge is 2.52. The number of rotatable bonds is 7. The van der Waals surface area contributed by atoms with E-state index < -0.39 is 5.60 Å². The van der Waals surface area contributed by atoms with Gasteiger partial charge >= 0.3 is 5.97 Å². The van der Waals surface area contributed by atoms with Crippen LogP contribution in [0.25, 0.3) is 17.2 Å². The first kappa shape index (κ1) is 28.6. The van der Waals surface area contributed by atoms with Gasteiger partial charge in [-0.25, -0.2) is 9.69 Å². The molecule has 6 nitrogen and oxygen atoms in total. The molecule has 1 heterocycles. The Kier molecular flexibility index (Phi) is 6.99. The second-order valence-corrected chi connectivity index (χ2v) is 14.3. The lowest BCUT2D eigenvalue weighted by molar-refractivity contribution is -0.148. The first-order valence-corrected chi connectivity index (χ1v) is 15.8. The van der Waals surface area contributed by atoms with Gasteiger partial charge in [0.05, 0.1) is 11.1 Å². The van der Waals surface area contributed by atoms with E-state index in [4.69, 9.17) is 9.47 Å². The summed E-state index contributed by atoms with van der Waals surface area (Å²) in [6, 6.07) is 21.5. The third-order valence-corrected chi connectivity index (χ3v) is 9.88. The van der Waals surface area contributed by atoms with Crippen molar-refractivity contribution in [2.24, 2.45) is 17.8 Å². The predicted molar refractivity (Wildman–Crippen MR) is 169 cm³/mol. The Hall–Kier alpha value is -4.19. The van der Waals surface area contributed by atoms with Crippen LogP contribution in [0.3, 0.4) is 0 Å². The number of hydrogen-bond acceptors (Lipinski definition) is 5. The predicted octanol–water partition coefficient (Wildman–Crippen LogP) is 7.81. The van der Waals surface area contributed by atoms with E-state index >= 15 is 0 Å². The van der Waals surface area contributed by atoms with Gasteiger partial charge < -0.3 is 9.47 Å². The summed E-state index contributed by atoms with van der Waals surface area (Å²) >= 11 is 0. The van der Waals surface area contributed by atoms with Crippen LogP contribution < -0.4 is 4.74 Å². The molecule has 4 saturated carbocycles. The fraction of sp³-hybridized carbons (Fsp3) is 0.395. The van der Waals surface area contributed by atoms with Gasteiger partial charge in [-0.15, -0.1) is 0 Å². The molecule has 226 valence electrons. The Morgan fingerprint density at radius 2 is 1.41 bits per heavy atom. The first-order valence-electron chi connectivity index (χ1n) is 15.8. The van der Waals surface area contributed by atoms with Gasteiger partial charge in [0.15, 0.2) is 6.73 Å². The molecular formula is C38H39NO5. The van der Waals surface area contributed by atoms with E-state index in [1.165, 1.54) is 55.1 Å². The highest BCUT2D eigenvalue weighted by atomic mass is 16.6. The molecule has 4 aliphatic carbocycles. The number of esters is 1. The topological polar surface area (TPSA) is 72.9 Å². The quantitative estimate of drug-likeness (QED) is 0.160. The first-order chi connectivity index (χ1) is 21.1. The molecule has 0 atom stereocenters. The van der Waals surface area contributed by atoms with Crippen molar-refractivity contribution in [3.05, 3.63) is 95.1 Å². The molecule has 4 bridgehead atoms. The number of hydrogen-bond donors (Lipinski definition) is 0. The molecule has 2 amide bonds. The SMILES string of the molecule is CC(C)(C)OC(=O)/C=C/c1ccc(-c2ccc(OCN3C(=O)c4ccccc4C3=O)c(C34CC5CC(CC(C5)C3)C4)c2)cc1. The molecule has 0 aromatic heterocycles. The van der Waals surface area contributed by atoms with Crippen LogP contribution in [0.5, 0.6) is 5.75 Å². The normalized spacial score (nSPS) is 25.5. The Balaban J connectivity index is 1.17. The molecule has 0 N–H and O–H groups in total. The van der Waals surface area contributed by atoms with Gasteiger partial charge in [-0.1, -0.05) is 42.5 Å². The Morgan fingerprint density at radius 1 is 0.841 bits per heavy atom. The number of fused-ring (bicyclic) bond motifs is 1. The van der Waals surface area contributed by atoms with Crippen molar-refractivity contribution < 1.29 is 23.9 Å². The second-order valence-electron chi connectivity index (χ2n) is 14.3. The molecule has 0 unspecified atom stereocenters. The molecule has 8 rings (SSSR count). The van der Waals surface area contributed by atoms with Crippen molar-refractivity contribution in [2.75, 3.05) is 6.73 Å².